The molecule has 0 bridgehead atoms. The van der Waals surface area contributed by atoms with Crippen LogP contribution < -0.4 is 10.6 Å². The van der Waals surface area contributed by atoms with Gasteiger partial charge in [0.25, 0.3) is 0 Å². The quantitative estimate of drug-likeness (QED) is 0.327. The third-order valence-corrected chi connectivity index (χ3v) is 7.12. The minimum Gasteiger partial charge on any atom is -0.480 e. The monoisotopic (exact) mass is 544 g/mol. The number of carbonyl (C=O) groups is 3. The molecule has 1 aliphatic carbocycles. The van der Waals surface area contributed by atoms with Gasteiger partial charge in [0.1, 0.15) is 12.6 Å². The molecule has 0 aliphatic heterocycles. The predicted molar refractivity (Wildman–Crippen MR) is 152 cm³/mol. The third kappa shape index (κ3) is 6.69. The van der Waals surface area contributed by atoms with Crippen LogP contribution >= 0.6 is 0 Å². The fourth-order valence-electron chi connectivity index (χ4n) is 4.95. The van der Waals surface area contributed by atoms with E-state index in [0.29, 0.717) is 0 Å². The minimum absolute atomic E-state index is 0.0977. The Bertz CT molecular complexity index is 1310. The highest BCUT2D eigenvalue weighted by atomic mass is 16.5. The molecule has 0 heterocycles. The number of nitrogens with one attached hydrogen (secondary N) is 2. The van der Waals surface area contributed by atoms with Crippen LogP contribution in [0.1, 0.15) is 50.3 Å². The molecule has 2 amide bonds. The van der Waals surface area contributed by atoms with E-state index in [1.54, 1.807) is 27.7 Å². The van der Waals surface area contributed by atoms with E-state index >= 15 is 0 Å². The van der Waals surface area contributed by atoms with Gasteiger partial charge in [0, 0.05) is 5.92 Å². The highest BCUT2D eigenvalue weighted by molar-refractivity contribution is 5.90. The van der Waals surface area contributed by atoms with Crippen molar-refractivity contribution >= 4 is 18.0 Å². The second-order valence-corrected chi connectivity index (χ2v) is 11.1. The molecule has 8 heteroatoms. The second kappa shape index (κ2) is 12.3. The lowest BCUT2D eigenvalue weighted by Crippen LogP contribution is -2.58. The van der Waals surface area contributed by atoms with Gasteiger partial charge in [0.05, 0.1) is 12.7 Å². The third-order valence-electron chi connectivity index (χ3n) is 7.12. The summed E-state index contributed by atoms with van der Waals surface area (Å²) in [6.07, 6.45) is -1.58. The summed E-state index contributed by atoms with van der Waals surface area (Å²) in [5.74, 6) is -2.00. The zero-order chi connectivity index (χ0) is 28.9. The van der Waals surface area contributed by atoms with Crippen LogP contribution in [0.5, 0.6) is 0 Å². The van der Waals surface area contributed by atoms with Crippen molar-refractivity contribution in [2.45, 2.75) is 58.4 Å². The number of hydrogen-bond acceptors (Lipinski definition) is 5. The Morgan fingerprint density at radius 3 is 1.95 bits per heavy atom. The molecule has 1 aliphatic rings. The van der Waals surface area contributed by atoms with Crippen LogP contribution in [0.15, 0.2) is 78.9 Å². The van der Waals surface area contributed by atoms with Crippen LogP contribution in [0.25, 0.3) is 11.1 Å². The fourth-order valence-corrected chi connectivity index (χ4v) is 4.95. The molecule has 0 saturated heterocycles. The Balaban J connectivity index is 1.40. The average molecular weight is 545 g/mol. The molecule has 0 unspecified atom stereocenters. The Hall–Kier alpha value is -4.17. The topological polar surface area (TPSA) is 114 Å². The molecule has 3 aromatic carbocycles. The van der Waals surface area contributed by atoms with Gasteiger partial charge < -0.3 is 25.2 Å². The molecule has 0 fully saturated rings. The van der Waals surface area contributed by atoms with E-state index in [4.69, 9.17) is 9.47 Å². The molecule has 0 aromatic heterocycles. The first kappa shape index (κ1) is 28.8. The van der Waals surface area contributed by atoms with E-state index in [1.165, 1.54) is 0 Å². The molecular formula is C32H36N2O6. The number of rotatable bonds is 10. The molecule has 0 saturated carbocycles. The number of carboxylic acid groups (broad SMARTS) is 1. The number of ether oxygens (including phenoxy) is 2. The minimum atomic E-state index is -1.31. The molecule has 0 radical (unpaired) electrons. The fraction of sp³-hybridized carbons (Fsp3) is 0.344. The van der Waals surface area contributed by atoms with E-state index in [0.717, 1.165) is 27.8 Å². The summed E-state index contributed by atoms with van der Waals surface area (Å²) in [6, 6.07) is 23.0. The molecule has 40 heavy (non-hydrogen) atoms. The summed E-state index contributed by atoms with van der Waals surface area (Å²) < 4.78 is 11.4. The lowest BCUT2D eigenvalue weighted by atomic mass is 9.86. The van der Waals surface area contributed by atoms with Crippen LogP contribution in [-0.2, 0) is 25.7 Å². The van der Waals surface area contributed by atoms with Gasteiger partial charge in [-0.15, -0.1) is 0 Å². The number of hydrogen-bond donors (Lipinski definition) is 3. The van der Waals surface area contributed by atoms with Gasteiger partial charge in [-0.3, -0.25) is 4.79 Å². The standard InChI is InChI=1S/C32H36N2O6/c1-20(39-18-21-12-6-5-7-13-21)27(30(36)37)33-29(35)28(32(2,3)4)34-31(38)40-19-26-24-16-10-8-14-22(24)23-15-9-11-17-25(23)26/h5-17,20,26-28H,18-19H2,1-4H3,(H,33,35)(H,34,38)(H,36,37)/t20-,27+,28+/m0/s1. The van der Waals surface area contributed by atoms with Gasteiger partial charge in [-0.2, -0.15) is 0 Å². The number of carboxylic acids is 1. The number of benzene rings is 3. The summed E-state index contributed by atoms with van der Waals surface area (Å²) in [6.45, 7) is 7.24. The van der Waals surface area contributed by atoms with E-state index in [1.807, 2.05) is 66.7 Å². The molecule has 8 nitrogen and oxygen atoms in total. The number of carbonyl (C=O) groups excluding carboxylic acids is 2. The van der Waals surface area contributed by atoms with Crippen molar-refractivity contribution in [2.24, 2.45) is 5.41 Å². The Kier molecular flexibility index (Phi) is 8.90. The second-order valence-electron chi connectivity index (χ2n) is 11.1. The van der Waals surface area contributed by atoms with Gasteiger partial charge in [-0.25, -0.2) is 9.59 Å². The van der Waals surface area contributed by atoms with Gasteiger partial charge >= 0.3 is 12.1 Å². The van der Waals surface area contributed by atoms with E-state index < -0.39 is 41.6 Å². The van der Waals surface area contributed by atoms with Crippen molar-refractivity contribution in [1.82, 2.24) is 10.6 Å². The maximum atomic E-state index is 13.3. The zero-order valence-corrected chi connectivity index (χ0v) is 23.2. The van der Waals surface area contributed by atoms with Crippen molar-refractivity contribution in [1.29, 1.82) is 0 Å². The van der Waals surface area contributed by atoms with Crippen molar-refractivity contribution in [2.75, 3.05) is 6.61 Å². The highest BCUT2D eigenvalue weighted by Gasteiger charge is 2.37. The summed E-state index contributed by atoms with van der Waals surface area (Å²) >= 11 is 0. The molecule has 210 valence electrons. The van der Waals surface area contributed by atoms with E-state index in [9.17, 15) is 19.5 Å². The Labute approximate surface area is 234 Å². The molecule has 3 N–H and O–H groups in total. The Morgan fingerprint density at radius 1 is 0.850 bits per heavy atom. The molecule has 4 rings (SSSR count). The summed E-state index contributed by atoms with van der Waals surface area (Å²) in [5, 5.41) is 15.0. The van der Waals surface area contributed by atoms with Gasteiger partial charge in [-0.1, -0.05) is 99.6 Å². The van der Waals surface area contributed by atoms with Crippen LogP contribution in [0.3, 0.4) is 0 Å². The number of aliphatic carboxylic acids is 1. The van der Waals surface area contributed by atoms with Gasteiger partial charge in [0.15, 0.2) is 6.04 Å². The van der Waals surface area contributed by atoms with E-state index in [2.05, 4.69) is 22.8 Å². The number of amides is 2. The normalized spacial score (nSPS) is 14.8. The highest BCUT2D eigenvalue weighted by Crippen LogP contribution is 2.44. The SMILES string of the molecule is C[C@H](OCc1ccccc1)[C@@H](NC(=O)[C@@H](NC(=O)OCC1c2ccccc2-c2ccccc21)C(C)(C)C)C(=O)O. The smallest absolute Gasteiger partial charge is 0.407 e. The first-order chi connectivity index (χ1) is 19.1. The first-order valence-corrected chi connectivity index (χ1v) is 13.4. The zero-order valence-electron chi connectivity index (χ0n) is 23.2. The molecule has 3 aromatic rings. The summed E-state index contributed by atoms with van der Waals surface area (Å²) in [5.41, 5.74) is 4.54. The molecular weight excluding hydrogens is 508 g/mol. The van der Waals surface area contributed by atoms with Crippen molar-refractivity contribution in [3.63, 3.8) is 0 Å². The summed E-state index contributed by atoms with van der Waals surface area (Å²) in [7, 11) is 0. The van der Waals surface area contributed by atoms with Crippen molar-refractivity contribution in [3.8, 4) is 11.1 Å². The number of fused-ring (bicyclic) bond motifs is 3. The maximum Gasteiger partial charge on any atom is 0.407 e. The first-order valence-electron chi connectivity index (χ1n) is 13.4. The van der Waals surface area contributed by atoms with Crippen molar-refractivity contribution in [3.05, 3.63) is 95.6 Å². The Morgan fingerprint density at radius 2 is 1.40 bits per heavy atom. The lowest BCUT2D eigenvalue weighted by Gasteiger charge is -2.32. The van der Waals surface area contributed by atoms with Gasteiger partial charge in [-0.05, 0) is 40.2 Å². The van der Waals surface area contributed by atoms with Crippen LogP contribution in [0, 0.1) is 5.41 Å². The van der Waals surface area contributed by atoms with Crippen LogP contribution in [-0.4, -0.2) is 47.9 Å². The summed E-state index contributed by atoms with van der Waals surface area (Å²) in [4.78, 5) is 38.3. The molecule has 3 atom stereocenters. The predicted octanol–water partition coefficient (Wildman–Crippen LogP) is 5.11. The van der Waals surface area contributed by atoms with E-state index in [-0.39, 0.29) is 19.1 Å². The van der Waals surface area contributed by atoms with Crippen LogP contribution in [0.4, 0.5) is 4.79 Å². The average Bonchev–Trinajstić information content (AvgIpc) is 3.25. The van der Waals surface area contributed by atoms with Gasteiger partial charge in [0.2, 0.25) is 5.91 Å². The molecule has 0 spiro atoms. The van der Waals surface area contributed by atoms with Crippen molar-refractivity contribution < 1.29 is 29.0 Å². The maximum absolute atomic E-state index is 13.3. The number of alkyl carbamates (subject to hydrolysis) is 1. The van der Waals surface area contributed by atoms with Crippen LogP contribution in [0.2, 0.25) is 0 Å². The lowest BCUT2D eigenvalue weighted by molar-refractivity contribution is -0.147. The largest absolute Gasteiger partial charge is 0.480 e.